The van der Waals surface area contributed by atoms with Gasteiger partial charge in [0.25, 0.3) is 5.91 Å². The smallest absolute Gasteiger partial charge is 0.253 e. The second-order valence-electron chi connectivity index (χ2n) is 7.65. The van der Waals surface area contributed by atoms with Crippen LogP contribution < -0.4 is 5.32 Å². The molecule has 2 aromatic carbocycles. The molecule has 1 saturated heterocycles. The van der Waals surface area contributed by atoms with Crippen molar-refractivity contribution in [1.82, 2.24) is 10.2 Å². The SMILES string of the molecule is O=C(c1ccccc1)N1CCC(NCCC(c2ccccc2)c2ccco2)CC1. The largest absolute Gasteiger partial charge is 0.469 e. The van der Waals surface area contributed by atoms with Crippen LogP contribution >= 0.6 is 0 Å². The van der Waals surface area contributed by atoms with Gasteiger partial charge in [-0.25, -0.2) is 0 Å². The van der Waals surface area contributed by atoms with Gasteiger partial charge in [0.05, 0.1) is 6.26 Å². The number of carbonyl (C=O) groups is 1. The van der Waals surface area contributed by atoms with Gasteiger partial charge in [-0.15, -0.1) is 0 Å². The first kappa shape index (κ1) is 19.5. The minimum atomic E-state index is 0.144. The van der Waals surface area contributed by atoms with Crippen LogP contribution in [-0.4, -0.2) is 36.5 Å². The molecule has 0 spiro atoms. The van der Waals surface area contributed by atoms with Gasteiger partial charge in [-0.2, -0.15) is 0 Å². The van der Waals surface area contributed by atoms with Crippen LogP contribution in [0.25, 0.3) is 0 Å². The van der Waals surface area contributed by atoms with E-state index in [4.69, 9.17) is 4.42 Å². The normalized spacial score (nSPS) is 15.9. The number of piperidine rings is 1. The second-order valence-corrected chi connectivity index (χ2v) is 7.65. The Bertz CT molecular complexity index is 870. The Kier molecular flexibility index (Phi) is 6.42. The van der Waals surface area contributed by atoms with Gasteiger partial charge in [-0.1, -0.05) is 48.5 Å². The molecule has 4 nitrogen and oxygen atoms in total. The highest BCUT2D eigenvalue weighted by Gasteiger charge is 2.24. The van der Waals surface area contributed by atoms with E-state index in [9.17, 15) is 4.79 Å². The lowest BCUT2D eigenvalue weighted by molar-refractivity contribution is 0.0705. The highest BCUT2D eigenvalue weighted by molar-refractivity contribution is 5.94. The van der Waals surface area contributed by atoms with Crippen LogP contribution in [0.15, 0.2) is 83.5 Å². The van der Waals surface area contributed by atoms with E-state index in [0.717, 1.165) is 50.2 Å². The fourth-order valence-electron chi connectivity index (χ4n) is 4.13. The molecule has 4 heteroatoms. The zero-order chi connectivity index (χ0) is 19.9. The fourth-order valence-corrected chi connectivity index (χ4v) is 4.13. The maximum Gasteiger partial charge on any atom is 0.253 e. The van der Waals surface area contributed by atoms with Crippen molar-refractivity contribution in [3.05, 3.63) is 95.9 Å². The summed E-state index contributed by atoms with van der Waals surface area (Å²) in [6, 6.07) is 24.6. The maximum atomic E-state index is 12.6. The zero-order valence-electron chi connectivity index (χ0n) is 16.7. The van der Waals surface area contributed by atoms with Gasteiger partial charge >= 0.3 is 0 Å². The summed E-state index contributed by atoms with van der Waals surface area (Å²) in [5, 5.41) is 3.70. The van der Waals surface area contributed by atoms with Crippen LogP contribution in [0.5, 0.6) is 0 Å². The molecule has 1 atom stereocenters. The Morgan fingerprint density at radius 1 is 0.966 bits per heavy atom. The Balaban J connectivity index is 1.27. The molecule has 0 saturated carbocycles. The average Bonchev–Trinajstić information content (AvgIpc) is 3.32. The summed E-state index contributed by atoms with van der Waals surface area (Å²) >= 11 is 0. The van der Waals surface area contributed by atoms with E-state index in [2.05, 4.69) is 35.6 Å². The average molecular weight is 389 g/mol. The van der Waals surface area contributed by atoms with Gasteiger partial charge < -0.3 is 14.6 Å². The predicted octanol–water partition coefficient (Wildman–Crippen LogP) is 4.70. The number of nitrogens with one attached hydrogen (secondary N) is 1. The molecule has 3 aromatic rings. The molecule has 1 aromatic heterocycles. The van der Waals surface area contributed by atoms with Crippen molar-refractivity contribution in [1.29, 1.82) is 0 Å². The van der Waals surface area contributed by atoms with Crippen LogP contribution in [0.4, 0.5) is 0 Å². The van der Waals surface area contributed by atoms with Crippen LogP contribution in [0.1, 0.15) is 46.9 Å². The number of furan rings is 1. The van der Waals surface area contributed by atoms with E-state index in [0.29, 0.717) is 6.04 Å². The number of nitrogens with zero attached hydrogens (tertiary/aromatic N) is 1. The van der Waals surface area contributed by atoms with E-state index in [1.165, 1.54) is 5.56 Å². The van der Waals surface area contributed by atoms with E-state index >= 15 is 0 Å². The van der Waals surface area contributed by atoms with E-state index in [1.54, 1.807) is 6.26 Å². The van der Waals surface area contributed by atoms with Crippen LogP contribution in [0.3, 0.4) is 0 Å². The highest BCUT2D eigenvalue weighted by Crippen LogP contribution is 2.28. The lowest BCUT2D eigenvalue weighted by atomic mass is 9.93. The van der Waals surface area contributed by atoms with Gasteiger partial charge in [0.2, 0.25) is 0 Å². The zero-order valence-corrected chi connectivity index (χ0v) is 16.7. The number of hydrogen-bond acceptors (Lipinski definition) is 3. The number of benzene rings is 2. The van der Waals surface area contributed by atoms with Crippen molar-refractivity contribution in [2.24, 2.45) is 0 Å². The van der Waals surface area contributed by atoms with Gasteiger partial charge in [0, 0.05) is 30.6 Å². The van der Waals surface area contributed by atoms with Crippen molar-refractivity contribution in [2.75, 3.05) is 19.6 Å². The van der Waals surface area contributed by atoms with Gasteiger partial charge in [-0.3, -0.25) is 4.79 Å². The molecule has 1 aliphatic heterocycles. The summed E-state index contributed by atoms with van der Waals surface area (Å²) in [5.74, 6) is 1.42. The van der Waals surface area contributed by atoms with E-state index in [1.807, 2.05) is 47.4 Å². The molecule has 1 fully saturated rings. The molecule has 0 aliphatic carbocycles. The number of amides is 1. The molecule has 29 heavy (non-hydrogen) atoms. The van der Waals surface area contributed by atoms with Gasteiger partial charge in [0.1, 0.15) is 5.76 Å². The van der Waals surface area contributed by atoms with Gasteiger partial charge in [-0.05, 0) is 55.6 Å². The first-order valence-corrected chi connectivity index (χ1v) is 10.5. The monoisotopic (exact) mass is 388 g/mol. The van der Waals surface area contributed by atoms with Crippen molar-refractivity contribution >= 4 is 5.91 Å². The summed E-state index contributed by atoms with van der Waals surface area (Å²) in [5.41, 5.74) is 2.07. The van der Waals surface area contributed by atoms with E-state index < -0.39 is 0 Å². The van der Waals surface area contributed by atoms with Crippen molar-refractivity contribution in [3.63, 3.8) is 0 Å². The molecule has 1 unspecified atom stereocenters. The van der Waals surface area contributed by atoms with Crippen LogP contribution in [-0.2, 0) is 0 Å². The molecule has 1 N–H and O–H groups in total. The minimum absolute atomic E-state index is 0.144. The molecular formula is C25H28N2O2. The van der Waals surface area contributed by atoms with Crippen molar-refractivity contribution < 1.29 is 9.21 Å². The molecule has 0 radical (unpaired) electrons. The van der Waals surface area contributed by atoms with Crippen LogP contribution in [0, 0.1) is 0 Å². The number of likely N-dealkylation sites (tertiary alicyclic amines) is 1. The molecule has 1 aliphatic rings. The highest BCUT2D eigenvalue weighted by atomic mass is 16.3. The molecular weight excluding hydrogens is 360 g/mol. The number of rotatable bonds is 7. The molecule has 4 rings (SSSR count). The standard InChI is InChI=1S/C25H28N2O2/c28-25(21-10-5-2-6-11-21)27-17-14-22(15-18-27)26-16-13-23(24-12-7-19-29-24)20-8-3-1-4-9-20/h1-12,19,22-23,26H,13-18H2. The first-order chi connectivity index (χ1) is 14.3. The molecule has 150 valence electrons. The topological polar surface area (TPSA) is 45.5 Å². The lowest BCUT2D eigenvalue weighted by Crippen LogP contribution is -2.45. The molecule has 2 heterocycles. The molecule has 0 bridgehead atoms. The van der Waals surface area contributed by atoms with Gasteiger partial charge in [0.15, 0.2) is 0 Å². The van der Waals surface area contributed by atoms with Crippen molar-refractivity contribution in [3.8, 4) is 0 Å². The Morgan fingerprint density at radius 3 is 2.31 bits per heavy atom. The molecule has 1 amide bonds. The lowest BCUT2D eigenvalue weighted by Gasteiger charge is -2.33. The Morgan fingerprint density at radius 2 is 1.66 bits per heavy atom. The quantitative estimate of drug-likeness (QED) is 0.638. The summed E-state index contributed by atoms with van der Waals surface area (Å²) in [6.07, 6.45) is 4.73. The third-order valence-corrected chi connectivity index (χ3v) is 5.76. The third kappa shape index (κ3) is 4.96. The second kappa shape index (κ2) is 9.57. The predicted molar refractivity (Wildman–Crippen MR) is 115 cm³/mol. The van der Waals surface area contributed by atoms with Crippen molar-refractivity contribution in [2.45, 2.75) is 31.2 Å². The minimum Gasteiger partial charge on any atom is -0.469 e. The first-order valence-electron chi connectivity index (χ1n) is 10.5. The summed E-state index contributed by atoms with van der Waals surface area (Å²) < 4.78 is 5.70. The fraction of sp³-hybridized carbons (Fsp3) is 0.320. The summed E-state index contributed by atoms with van der Waals surface area (Å²) in [7, 11) is 0. The Hall–Kier alpha value is -2.85. The number of hydrogen-bond donors (Lipinski definition) is 1. The summed E-state index contributed by atoms with van der Waals surface area (Å²) in [6.45, 7) is 2.55. The maximum absolute atomic E-state index is 12.6. The van der Waals surface area contributed by atoms with E-state index in [-0.39, 0.29) is 11.8 Å². The van der Waals surface area contributed by atoms with Crippen LogP contribution in [0.2, 0.25) is 0 Å². The third-order valence-electron chi connectivity index (χ3n) is 5.76. The Labute approximate surface area is 172 Å². The number of carbonyl (C=O) groups excluding carboxylic acids is 1. The summed E-state index contributed by atoms with van der Waals surface area (Å²) in [4.78, 5) is 14.6.